The molecule has 1 saturated heterocycles. The Kier molecular flexibility index (Phi) is 4.97. The number of morpholine rings is 1. The van der Waals surface area contributed by atoms with Gasteiger partial charge < -0.3 is 14.6 Å². The molecular weight excluding hydrogens is 291 g/mol. The highest BCUT2D eigenvalue weighted by Gasteiger charge is 2.36. The van der Waals surface area contributed by atoms with Crippen LogP contribution in [0.2, 0.25) is 0 Å². The van der Waals surface area contributed by atoms with E-state index in [1.807, 2.05) is 0 Å². The van der Waals surface area contributed by atoms with Crippen molar-refractivity contribution in [2.24, 2.45) is 0 Å². The zero-order chi connectivity index (χ0) is 16.3. The summed E-state index contributed by atoms with van der Waals surface area (Å²) in [6, 6.07) is 0.683. The average molecular weight is 312 g/mol. The lowest BCUT2D eigenvalue weighted by Gasteiger charge is -2.38. The van der Waals surface area contributed by atoms with Crippen LogP contribution in [0.4, 0.5) is 9.18 Å². The summed E-state index contributed by atoms with van der Waals surface area (Å²) in [4.78, 5) is 17.3. The second-order valence-corrected chi connectivity index (χ2v) is 6.16. The highest BCUT2D eigenvalue weighted by Crippen LogP contribution is 2.26. The van der Waals surface area contributed by atoms with Crippen molar-refractivity contribution in [1.82, 2.24) is 9.88 Å². The lowest BCUT2D eigenvalue weighted by molar-refractivity contribution is -0.0679. The molecule has 2 rings (SSSR count). The largest absolute Gasteiger partial charge is 0.444 e. The molecule has 6 nitrogen and oxygen atoms in total. The molecule has 0 aliphatic carbocycles. The molecular formula is C15H21FN2O4. The average Bonchev–Trinajstić information content (AvgIpc) is 2.45. The van der Waals surface area contributed by atoms with Gasteiger partial charge in [0.25, 0.3) is 0 Å². The molecule has 1 fully saturated rings. The number of hydrogen-bond acceptors (Lipinski definition) is 5. The molecule has 2 unspecified atom stereocenters. The van der Waals surface area contributed by atoms with Crippen molar-refractivity contribution in [2.75, 3.05) is 19.8 Å². The zero-order valence-electron chi connectivity index (χ0n) is 13.0. The van der Waals surface area contributed by atoms with Gasteiger partial charge in [0.15, 0.2) is 0 Å². The van der Waals surface area contributed by atoms with Gasteiger partial charge in [0.05, 0.1) is 25.5 Å². The molecule has 0 bridgehead atoms. The van der Waals surface area contributed by atoms with Crippen LogP contribution in [-0.4, -0.2) is 52.5 Å². The first-order valence-corrected chi connectivity index (χ1v) is 7.14. The summed E-state index contributed by atoms with van der Waals surface area (Å²) < 4.78 is 24.5. The smallest absolute Gasteiger partial charge is 0.410 e. The molecule has 0 radical (unpaired) electrons. The highest BCUT2D eigenvalue weighted by atomic mass is 19.1. The number of aliphatic hydroxyl groups is 1. The quantitative estimate of drug-likeness (QED) is 0.903. The van der Waals surface area contributed by atoms with E-state index in [1.54, 1.807) is 20.8 Å². The van der Waals surface area contributed by atoms with Crippen molar-refractivity contribution in [2.45, 2.75) is 38.5 Å². The number of aromatic nitrogens is 1. The third-order valence-electron chi connectivity index (χ3n) is 3.28. The summed E-state index contributed by atoms with van der Waals surface area (Å²) in [6.45, 7) is 6.03. The van der Waals surface area contributed by atoms with Gasteiger partial charge in [0.1, 0.15) is 17.5 Å². The minimum Gasteiger partial charge on any atom is -0.444 e. The molecule has 1 aliphatic heterocycles. The standard InChI is InChI=1S/C15H21FN2O4/c1-15(2,3)22-14(20)18-6-7-21-9-12(18)13(19)10-4-5-17-8-11(10)16/h4-5,8,12-13,19H,6-7,9H2,1-3H3. The Morgan fingerprint density at radius 1 is 1.59 bits per heavy atom. The van der Waals surface area contributed by atoms with Gasteiger partial charge in [-0.05, 0) is 26.8 Å². The van der Waals surface area contributed by atoms with Gasteiger partial charge in [-0.25, -0.2) is 9.18 Å². The predicted octanol–water partition coefficient (Wildman–Crippen LogP) is 1.89. The lowest BCUT2D eigenvalue weighted by Crippen LogP contribution is -2.52. The van der Waals surface area contributed by atoms with Crippen LogP contribution in [0.1, 0.15) is 32.4 Å². The number of ether oxygens (including phenoxy) is 2. The van der Waals surface area contributed by atoms with Crippen LogP contribution in [0.25, 0.3) is 0 Å². The van der Waals surface area contributed by atoms with E-state index in [9.17, 15) is 14.3 Å². The first kappa shape index (κ1) is 16.6. The molecule has 1 aromatic rings. The van der Waals surface area contributed by atoms with Crippen LogP contribution in [0.5, 0.6) is 0 Å². The van der Waals surface area contributed by atoms with Crippen LogP contribution in [0, 0.1) is 5.82 Å². The number of hydrogen-bond donors (Lipinski definition) is 1. The Morgan fingerprint density at radius 2 is 2.32 bits per heavy atom. The SMILES string of the molecule is CC(C)(C)OC(=O)N1CCOCC1C(O)c1ccncc1F. The van der Waals surface area contributed by atoms with Crippen LogP contribution in [0.3, 0.4) is 0 Å². The second-order valence-electron chi connectivity index (χ2n) is 6.16. The molecule has 1 amide bonds. The minimum absolute atomic E-state index is 0.0825. The van der Waals surface area contributed by atoms with E-state index < -0.39 is 29.7 Å². The minimum atomic E-state index is -1.21. The van der Waals surface area contributed by atoms with Crippen molar-refractivity contribution in [3.63, 3.8) is 0 Å². The second kappa shape index (κ2) is 6.58. The van der Waals surface area contributed by atoms with Crippen LogP contribution >= 0.6 is 0 Å². The number of carbonyl (C=O) groups excluding carboxylic acids is 1. The first-order chi connectivity index (χ1) is 10.3. The highest BCUT2D eigenvalue weighted by molar-refractivity contribution is 5.68. The fourth-order valence-corrected chi connectivity index (χ4v) is 2.26. The fraction of sp³-hybridized carbons (Fsp3) is 0.600. The molecule has 1 N–H and O–H groups in total. The van der Waals surface area contributed by atoms with Gasteiger partial charge in [-0.15, -0.1) is 0 Å². The number of rotatable bonds is 2. The Labute approximate surface area is 128 Å². The number of pyridine rings is 1. The van der Waals surface area contributed by atoms with Crippen molar-refractivity contribution in [1.29, 1.82) is 0 Å². The monoisotopic (exact) mass is 312 g/mol. The molecule has 7 heteroatoms. The van der Waals surface area contributed by atoms with E-state index in [2.05, 4.69) is 4.98 Å². The van der Waals surface area contributed by atoms with E-state index in [-0.39, 0.29) is 18.7 Å². The molecule has 0 aromatic carbocycles. The first-order valence-electron chi connectivity index (χ1n) is 7.14. The number of halogens is 1. The van der Waals surface area contributed by atoms with E-state index >= 15 is 0 Å². The van der Waals surface area contributed by atoms with E-state index in [1.165, 1.54) is 17.2 Å². The van der Waals surface area contributed by atoms with Crippen molar-refractivity contribution < 1.29 is 23.8 Å². The molecule has 2 heterocycles. The lowest BCUT2D eigenvalue weighted by atomic mass is 10.0. The Bertz CT molecular complexity index is 533. The maximum atomic E-state index is 13.8. The van der Waals surface area contributed by atoms with Gasteiger partial charge in [-0.1, -0.05) is 0 Å². The summed E-state index contributed by atoms with van der Waals surface area (Å²) >= 11 is 0. The number of aliphatic hydroxyl groups excluding tert-OH is 1. The predicted molar refractivity (Wildman–Crippen MR) is 76.7 cm³/mol. The third-order valence-corrected chi connectivity index (χ3v) is 3.28. The Morgan fingerprint density at radius 3 is 2.95 bits per heavy atom. The van der Waals surface area contributed by atoms with Gasteiger partial charge in [0, 0.05) is 18.3 Å². The summed E-state index contributed by atoms with van der Waals surface area (Å²) in [5, 5.41) is 10.4. The van der Waals surface area contributed by atoms with Crippen molar-refractivity contribution in [3.8, 4) is 0 Å². The molecule has 0 saturated carbocycles. The fourth-order valence-electron chi connectivity index (χ4n) is 2.26. The van der Waals surface area contributed by atoms with E-state index in [4.69, 9.17) is 9.47 Å². The normalized spacial score (nSPS) is 20.6. The van der Waals surface area contributed by atoms with Crippen molar-refractivity contribution in [3.05, 3.63) is 29.8 Å². The molecule has 1 aliphatic rings. The summed E-state index contributed by atoms with van der Waals surface area (Å²) in [7, 11) is 0. The van der Waals surface area contributed by atoms with Crippen LogP contribution in [-0.2, 0) is 9.47 Å². The number of amides is 1. The Balaban J connectivity index is 2.19. The van der Waals surface area contributed by atoms with Gasteiger partial charge in [-0.2, -0.15) is 0 Å². The topological polar surface area (TPSA) is 71.9 Å². The van der Waals surface area contributed by atoms with E-state index in [0.29, 0.717) is 6.61 Å². The van der Waals surface area contributed by atoms with Gasteiger partial charge in [-0.3, -0.25) is 9.88 Å². The van der Waals surface area contributed by atoms with Gasteiger partial charge >= 0.3 is 6.09 Å². The number of nitrogens with zero attached hydrogens (tertiary/aromatic N) is 2. The summed E-state index contributed by atoms with van der Waals surface area (Å²) in [5.41, 5.74) is -0.564. The zero-order valence-corrected chi connectivity index (χ0v) is 13.0. The summed E-state index contributed by atoms with van der Waals surface area (Å²) in [6.07, 6.45) is 0.661. The van der Waals surface area contributed by atoms with Crippen molar-refractivity contribution >= 4 is 6.09 Å². The van der Waals surface area contributed by atoms with E-state index in [0.717, 1.165) is 6.20 Å². The van der Waals surface area contributed by atoms with Gasteiger partial charge in [0.2, 0.25) is 0 Å². The van der Waals surface area contributed by atoms with Crippen LogP contribution in [0.15, 0.2) is 18.5 Å². The Hall–Kier alpha value is -1.73. The molecule has 2 atom stereocenters. The third kappa shape index (κ3) is 3.92. The molecule has 1 aromatic heterocycles. The maximum Gasteiger partial charge on any atom is 0.410 e. The molecule has 22 heavy (non-hydrogen) atoms. The summed E-state index contributed by atoms with van der Waals surface area (Å²) in [5.74, 6) is -0.621. The molecule has 122 valence electrons. The van der Waals surface area contributed by atoms with Crippen LogP contribution < -0.4 is 0 Å². The molecule has 0 spiro atoms. The maximum absolute atomic E-state index is 13.8. The number of carbonyl (C=O) groups is 1.